The van der Waals surface area contributed by atoms with Gasteiger partial charge < -0.3 is 10.1 Å². The number of fused-ring (bicyclic) bond motifs is 2. The third-order valence-corrected chi connectivity index (χ3v) is 13.5. The standard InChI is InChI=1S/C43H52FIN9O5/c1-43(2,3)59-40(58)27-53-25-31(48-50-53)24-46-38(56)26-54-35-14-10-13-32(33-22-36-29(21-34(33)44)23-47-51(36)4)41(35)42(49-54)28-17-19-52(20-18-28)39(57)16-15-37(55)45-30-11-8-6-5-7-9-12-30/h10-11,13-14,21-23,25,28H,5-9,12,15-20,24,26-27H2,1-4H3,(H,46,56)/q-1/b30-11+. The predicted octanol–water partition coefficient (Wildman–Crippen LogP) is 3.32. The van der Waals surface area contributed by atoms with Gasteiger partial charge in [-0.25, -0.2) is 9.07 Å². The van der Waals surface area contributed by atoms with Crippen molar-refractivity contribution < 1.29 is 49.5 Å². The Morgan fingerprint density at radius 2 is 1.78 bits per heavy atom. The number of allylic oxidation sites excluding steroid dienone is 2. The summed E-state index contributed by atoms with van der Waals surface area (Å²) in [4.78, 5) is 53.8. The van der Waals surface area contributed by atoms with Gasteiger partial charge in [0.2, 0.25) is 5.91 Å². The molecule has 0 unspecified atom stereocenters. The molecule has 0 radical (unpaired) electrons. The van der Waals surface area contributed by atoms with Gasteiger partial charge in [0.1, 0.15) is 23.7 Å². The summed E-state index contributed by atoms with van der Waals surface area (Å²) in [6.07, 6.45) is 14.2. The Labute approximate surface area is 353 Å². The van der Waals surface area contributed by atoms with E-state index in [2.05, 4.69) is 26.8 Å². The summed E-state index contributed by atoms with van der Waals surface area (Å²) in [6.45, 7) is 6.25. The Morgan fingerprint density at radius 3 is 2.58 bits per heavy atom. The van der Waals surface area contributed by atoms with E-state index in [1.54, 1.807) is 48.6 Å². The van der Waals surface area contributed by atoms with Crippen LogP contribution in [-0.2, 0) is 50.6 Å². The quantitative estimate of drug-likeness (QED) is 0.106. The van der Waals surface area contributed by atoms with Gasteiger partial charge in [-0.15, -0.1) is 5.10 Å². The van der Waals surface area contributed by atoms with Crippen LogP contribution in [0.5, 0.6) is 0 Å². The van der Waals surface area contributed by atoms with Crippen molar-refractivity contribution in [1.29, 1.82) is 0 Å². The van der Waals surface area contributed by atoms with Crippen LogP contribution in [0.1, 0.15) is 102 Å². The van der Waals surface area contributed by atoms with Crippen molar-refractivity contribution >= 4 is 43.4 Å². The normalized spacial score (nSPS) is 16.5. The molecule has 1 N–H and O–H groups in total. The van der Waals surface area contributed by atoms with Crippen molar-refractivity contribution in [3.05, 3.63) is 69.6 Å². The van der Waals surface area contributed by atoms with Gasteiger partial charge >= 0.3 is 200 Å². The number of nitrogens with one attached hydrogen (secondary N) is 1. The van der Waals surface area contributed by atoms with Crippen molar-refractivity contribution in [2.75, 3.05) is 13.1 Å². The minimum Gasteiger partial charge on any atom is -0.459 e. The van der Waals surface area contributed by atoms with E-state index in [0.29, 0.717) is 60.1 Å². The number of rotatable bonds is 13. The molecule has 0 bridgehead atoms. The molecule has 314 valence electrons. The number of nitrogens with zero attached hydrogens (tertiary/aromatic N) is 8. The molecule has 0 spiro atoms. The van der Waals surface area contributed by atoms with Gasteiger partial charge in [0.25, 0.3) is 0 Å². The predicted molar refractivity (Wildman–Crippen MR) is 216 cm³/mol. The van der Waals surface area contributed by atoms with E-state index in [1.165, 1.54) is 33.6 Å². The van der Waals surface area contributed by atoms with Gasteiger partial charge in [0.15, 0.2) is 0 Å². The van der Waals surface area contributed by atoms with Crippen LogP contribution in [0, 0.1) is 5.82 Å². The van der Waals surface area contributed by atoms with E-state index in [9.17, 15) is 19.2 Å². The molecular formula is C43H52FIN9O5-. The molecule has 16 heteroatoms. The van der Waals surface area contributed by atoms with Gasteiger partial charge in [0, 0.05) is 12.4 Å². The minimum absolute atomic E-state index is 0.00312. The van der Waals surface area contributed by atoms with E-state index in [4.69, 9.17) is 9.84 Å². The topological polar surface area (TPSA) is 159 Å². The molecule has 1 aliphatic carbocycles. The summed E-state index contributed by atoms with van der Waals surface area (Å²) in [5, 5.41) is 21.8. The number of amides is 2. The second-order valence-electron chi connectivity index (χ2n) is 16.4. The zero-order chi connectivity index (χ0) is 41.7. The number of carbonyl (C=O) groups is 4. The zero-order valence-electron chi connectivity index (χ0n) is 34.2. The van der Waals surface area contributed by atoms with Crippen LogP contribution in [0.2, 0.25) is 0 Å². The molecule has 4 heterocycles. The summed E-state index contributed by atoms with van der Waals surface area (Å²) < 4.78 is 27.6. The molecule has 1 fully saturated rings. The van der Waals surface area contributed by atoms with Gasteiger partial charge in [0.05, 0.1) is 24.5 Å². The number of hydrogen-bond acceptors (Lipinski definition) is 9. The van der Waals surface area contributed by atoms with Crippen molar-refractivity contribution in [2.24, 2.45) is 7.05 Å². The van der Waals surface area contributed by atoms with Gasteiger partial charge in [-0.05, 0) is 32.9 Å². The number of aromatic nitrogens is 7. The summed E-state index contributed by atoms with van der Waals surface area (Å²) in [7, 11) is 1.82. The summed E-state index contributed by atoms with van der Waals surface area (Å²) in [5.41, 5.74) is 3.11. The Bertz CT molecular complexity index is 2380. The fourth-order valence-electron chi connectivity index (χ4n) is 7.84. The van der Waals surface area contributed by atoms with Crippen LogP contribution in [0.4, 0.5) is 4.39 Å². The van der Waals surface area contributed by atoms with Crippen LogP contribution < -0.4 is 26.5 Å². The first kappa shape index (κ1) is 42.1. The van der Waals surface area contributed by atoms with Crippen LogP contribution >= 0.6 is 0 Å². The van der Waals surface area contributed by atoms with Gasteiger partial charge in [-0.1, -0.05) is 11.3 Å². The molecule has 14 nitrogen and oxygen atoms in total. The first-order chi connectivity index (χ1) is 28.3. The average Bonchev–Trinajstić information content (AvgIpc) is 3.89. The van der Waals surface area contributed by atoms with E-state index in [1.807, 2.05) is 30.1 Å². The molecule has 2 aromatic carbocycles. The molecule has 2 amide bonds. The molecule has 2 aliphatic rings. The number of carbonyl (C=O) groups excluding carboxylic acids is 4. The van der Waals surface area contributed by atoms with Crippen molar-refractivity contribution in [2.45, 2.75) is 116 Å². The maximum atomic E-state index is 15.9. The van der Waals surface area contributed by atoms with Crippen LogP contribution in [0.3, 0.4) is 0 Å². The zero-order valence-corrected chi connectivity index (χ0v) is 36.3. The third kappa shape index (κ3) is 10.6. The van der Waals surface area contributed by atoms with Crippen LogP contribution in [0.25, 0.3) is 32.9 Å². The molecule has 1 saturated heterocycles. The smallest absolute Gasteiger partial charge is 0.459 e. The minimum atomic E-state index is -0.697. The summed E-state index contributed by atoms with van der Waals surface area (Å²) in [6, 6.07) is 8.89. The average molecular weight is 921 g/mol. The number of ether oxygens (including phenoxy) is 1. The molecule has 3 aromatic heterocycles. The number of halogens is 2. The Kier molecular flexibility index (Phi) is 13.2. The third-order valence-electron chi connectivity index (χ3n) is 10.7. The van der Waals surface area contributed by atoms with Crippen molar-refractivity contribution in [3.63, 3.8) is 0 Å². The maximum absolute atomic E-state index is 15.9. The number of benzene rings is 2. The molecule has 0 saturated carbocycles. The number of aryl methyl sites for hydroxylation is 1. The van der Waals surface area contributed by atoms with Crippen LogP contribution in [-0.4, -0.2) is 79.7 Å². The molecular weight excluding hydrogens is 868 g/mol. The second kappa shape index (κ2) is 18.5. The van der Waals surface area contributed by atoms with Gasteiger partial charge in [-0.3, -0.25) is 14.3 Å². The fraction of sp³-hybridized carbons (Fsp3) is 0.488. The molecule has 0 atom stereocenters. The molecule has 59 heavy (non-hydrogen) atoms. The van der Waals surface area contributed by atoms with Crippen LogP contribution in [0.15, 0.2) is 52.4 Å². The molecule has 1 aliphatic heterocycles. The Hall–Kier alpha value is -5.00. The molecule has 7 rings (SSSR count). The number of piperidine rings is 1. The number of hydrogen-bond donors (Lipinski definition) is 1. The molecule has 5 aromatic rings. The fourth-order valence-corrected chi connectivity index (χ4v) is 10.3. The summed E-state index contributed by atoms with van der Waals surface area (Å²) in [5.74, 6) is -1.22. The first-order valence-electron chi connectivity index (χ1n) is 20.4. The monoisotopic (exact) mass is 920 g/mol. The van der Waals surface area contributed by atoms with E-state index in [0.717, 1.165) is 35.9 Å². The van der Waals surface area contributed by atoms with E-state index < -0.39 is 38.6 Å². The van der Waals surface area contributed by atoms with Crippen molar-refractivity contribution in [1.82, 2.24) is 44.8 Å². The SMILES string of the molecule is Cn1ncc2cc(F)c(-c3cccc4c3c(C3CCN(C(=O)CCC(=O)[I-]/C5=C/CCCCCC5)CC3)nn4CC(=O)NCc3cn(CC(=O)OC(C)(C)C)nn3)cc21. The van der Waals surface area contributed by atoms with E-state index >= 15 is 4.39 Å². The summed E-state index contributed by atoms with van der Waals surface area (Å²) >= 11 is -0.697. The number of esters is 1. The van der Waals surface area contributed by atoms with Crippen molar-refractivity contribution in [3.8, 4) is 11.1 Å². The first-order valence-corrected chi connectivity index (χ1v) is 22.6. The number of likely N-dealkylation sites (tertiary alicyclic amines) is 1. The Balaban J connectivity index is 1.06. The van der Waals surface area contributed by atoms with Gasteiger partial charge in [-0.2, -0.15) is 5.10 Å². The van der Waals surface area contributed by atoms with E-state index in [-0.39, 0.29) is 47.6 Å². The second-order valence-corrected chi connectivity index (χ2v) is 19.5. The Morgan fingerprint density at radius 1 is 0.983 bits per heavy atom.